The number of aromatic hydroxyl groups is 1. The van der Waals surface area contributed by atoms with Gasteiger partial charge in [-0.25, -0.2) is 0 Å². The van der Waals surface area contributed by atoms with E-state index in [1.165, 1.54) is 10.9 Å². The third-order valence-electron chi connectivity index (χ3n) is 4.42. The first-order valence-electron chi connectivity index (χ1n) is 8.18. The molecule has 1 saturated heterocycles. The fourth-order valence-electron chi connectivity index (χ4n) is 2.94. The van der Waals surface area contributed by atoms with Crippen LogP contribution < -0.4 is 0 Å². The van der Waals surface area contributed by atoms with E-state index in [9.17, 15) is 5.11 Å². The van der Waals surface area contributed by atoms with E-state index in [2.05, 4.69) is 39.4 Å². The van der Waals surface area contributed by atoms with Crippen molar-refractivity contribution in [3.63, 3.8) is 0 Å². The smallest absolute Gasteiger partial charge is 0.143 e. The highest BCUT2D eigenvalue weighted by molar-refractivity contribution is 7.10. The Kier molecular flexibility index (Phi) is 6.36. The molecule has 0 saturated carbocycles. The highest BCUT2D eigenvalue weighted by atomic mass is 35.5. The summed E-state index contributed by atoms with van der Waals surface area (Å²) in [6.45, 7) is 4.83. The second-order valence-electron chi connectivity index (χ2n) is 6.19. The first-order chi connectivity index (χ1) is 12.0. The average molecular weight is 398 g/mol. The minimum atomic E-state index is 0.0158. The molecule has 1 aliphatic heterocycles. The molecule has 134 valence electrons. The van der Waals surface area contributed by atoms with E-state index in [4.69, 9.17) is 23.2 Å². The van der Waals surface area contributed by atoms with Crippen molar-refractivity contribution in [2.45, 2.75) is 6.04 Å². The maximum atomic E-state index is 10.1. The summed E-state index contributed by atoms with van der Waals surface area (Å²) < 4.78 is 0. The number of phenolic OH excluding ortho intramolecular Hbond substituents is 1. The van der Waals surface area contributed by atoms with Gasteiger partial charge in [0.2, 0.25) is 0 Å². The van der Waals surface area contributed by atoms with Crippen molar-refractivity contribution in [3.05, 3.63) is 50.1 Å². The normalized spacial score (nSPS) is 18.0. The lowest BCUT2D eigenvalue weighted by Crippen LogP contribution is -2.46. The highest BCUT2D eigenvalue weighted by Crippen LogP contribution is 2.30. The number of rotatable bonds is 5. The van der Waals surface area contributed by atoms with Crippen LogP contribution in [0.5, 0.6) is 5.75 Å². The Labute approximate surface area is 162 Å². The molecule has 1 aliphatic rings. The van der Waals surface area contributed by atoms with Crippen LogP contribution in [0.2, 0.25) is 10.0 Å². The van der Waals surface area contributed by atoms with E-state index in [-0.39, 0.29) is 16.8 Å². The third kappa shape index (κ3) is 4.74. The van der Waals surface area contributed by atoms with E-state index >= 15 is 0 Å². The summed E-state index contributed by atoms with van der Waals surface area (Å²) >= 11 is 13.7. The van der Waals surface area contributed by atoms with E-state index in [0.717, 1.165) is 26.2 Å². The molecule has 2 heterocycles. The predicted octanol–water partition coefficient (Wildman–Crippen LogP) is 4.17. The number of thiophene rings is 1. The molecular formula is C18H21Cl2N3OS. The van der Waals surface area contributed by atoms with Gasteiger partial charge < -0.3 is 10.0 Å². The van der Waals surface area contributed by atoms with Crippen molar-refractivity contribution in [1.82, 2.24) is 9.80 Å². The van der Waals surface area contributed by atoms with Crippen LogP contribution in [0, 0.1) is 0 Å². The van der Waals surface area contributed by atoms with Crippen LogP contribution in [0.1, 0.15) is 16.5 Å². The fourth-order valence-corrected chi connectivity index (χ4v) is 4.30. The van der Waals surface area contributed by atoms with Crippen LogP contribution in [0.15, 0.2) is 34.6 Å². The summed E-state index contributed by atoms with van der Waals surface area (Å²) in [5, 5.41) is 12.9. The second-order valence-corrected chi connectivity index (χ2v) is 8.01. The lowest BCUT2D eigenvalue weighted by Gasteiger charge is -2.37. The Balaban J connectivity index is 1.75. The maximum Gasteiger partial charge on any atom is 0.143 e. The zero-order chi connectivity index (χ0) is 17.8. The zero-order valence-corrected chi connectivity index (χ0v) is 16.4. The SMILES string of the molecule is CN1CCN([C@@H](CN=Cc2cc(Cl)cc(Cl)c2O)c2cccs2)CC1. The number of phenols is 1. The Morgan fingerprint density at radius 2 is 2.04 bits per heavy atom. The lowest BCUT2D eigenvalue weighted by molar-refractivity contribution is 0.116. The molecule has 1 aromatic heterocycles. The summed E-state index contributed by atoms with van der Waals surface area (Å²) in [6.07, 6.45) is 1.66. The van der Waals surface area contributed by atoms with Gasteiger partial charge in [-0.05, 0) is 30.6 Å². The number of likely N-dealkylation sites (N-methyl/N-ethyl adjacent to an activating group) is 1. The van der Waals surface area contributed by atoms with Gasteiger partial charge in [0.1, 0.15) is 5.75 Å². The standard InChI is InChI=1S/C18H21Cl2N3OS/c1-22-4-6-23(7-5-22)16(17-3-2-8-25-17)12-21-11-13-9-14(19)10-15(20)18(13)24/h2-3,8-11,16,24H,4-7,12H2,1H3/t16-/m0/s1. The van der Waals surface area contributed by atoms with Crippen molar-refractivity contribution in [2.75, 3.05) is 39.8 Å². The largest absolute Gasteiger partial charge is 0.506 e. The number of aliphatic imine (C=N–C) groups is 1. The van der Waals surface area contributed by atoms with Gasteiger partial charge in [-0.2, -0.15) is 0 Å². The molecule has 1 aromatic carbocycles. The third-order valence-corrected chi connectivity index (χ3v) is 5.90. The molecule has 0 unspecified atom stereocenters. The molecule has 0 bridgehead atoms. The molecule has 0 radical (unpaired) electrons. The van der Waals surface area contributed by atoms with Crippen molar-refractivity contribution >= 4 is 40.8 Å². The minimum Gasteiger partial charge on any atom is -0.506 e. The van der Waals surface area contributed by atoms with Gasteiger partial charge in [0, 0.05) is 47.9 Å². The van der Waals surface area contributed by atoms with Crippen LogP contribution in [-0.2, 0) is 0 Å². The number of piperazine rings is 1. The average Bonchev–Trinajstić information content (AvgIpc) is 3.11. The Hall–Kier alpha value is -1.11. The molecule has 7 heteroatoms. The quantitative estimate of drug-likeness (QED) is 0.769. The Bertz CT molecular complexity index is 728. The first kappa shape index (κ1) is 18.7. The highest BCUT2D eigenvalue weighted by Gasteiger charge is 2.24. The number of benzene rings is 1. The van der Waals surface area contributed by atoms with Crippen molar-refractivity contribution in [1.29, 1.82) is 0 Å². The van der Waals surface area contributed by atoms with Gasteiger partial charge >= 0.3 is 0 Å². The molecule has 4 nitrogen and oxygen atoms in total. The number of hydrogen-bond acceptors (Lipinski definition) is 5. The van der Waals surface area contributed by atoms with E-state index < -0.39 is 0 Å². The second kappa shape index (κ2) is 8.52. The molecule has 1 N–H and O–H groups in total. The van der Waals surface area contributed by atoms with E-state index in [1.807, 2.05) is 0 Å². The molecule has 2 aromatic rings. The van der Waals surface area contributed by atoms with Crippen LogP contribution in [0.25, 0.3) is 0 Å². The minimum absolute atomic E-state index is 0.0158. The Morgan fingerprint density at radius 1 is 1.28 bits per heavy atom. The van der Waals surface area contributed by atoms with Crippen LogP contribution in [-0.4, -0.2) is 60.9 Å². The monoisotopic (exact) mass is 397 g/mol. The van der Waals surface area contributed by atoms with Gasteiger partial charge in [-0.3, -0.25) is 9.89 Å². The summed E-state index contributed by atoms with van der Waals surface area (Å²) in [5.41, 5.74) is 0.542. The first-order valence-corrected chi connectivity index (χ1v) is 9.82. The summed E-state index contributed by atoms with van der Waals surface area (Å²) in [5.74, 6) is 0.0158. The molecule has 0 aliphatic carbocycles. The predicted molar refractivity (Wildman–Crippen MR) is 107 cm³/mol. The molecule has 0 amide bonds. The van der Waals surface area contributed by atoms with Crippen LogP contribution in [0.3, 0.4) is 0 Å². The summed E-state index contributed by atoms with van der Waals surface area (Å²) in [7, 11) is 2.15. The molecule has 1 fully saturated rings. The van der Waals surface area contributed by atoms with Crippen molar-refractivity contribution in [3.8, 4) is 5.75 Å². The maximum absolute atomic E-state index is 10.1. The van der Waals surface area contributed by atoms with Crippen LogP contribution in [0.4, 0.5) is 0 Å². The van der Waals surface area contributed by atoms with E-state index in [0.29, 0.717) is 17.1 Å². The fraction of sp³-hybridized carbons (Fsp3) is 0.389. The summed E-state index contributed by atoms with van der Waals surface area (Å²) in [6, 6.07) is 7.69. The summed E-state index contributed by atoms with van der Waals surface area (Å²) in [4.78, 5) is 10.7. The van der Waals surface area contributed by atoms with Gasteiger partial charge in [0.25, 0.3) is 0 Å². The number of nitrogens with zero attached hydrogens (tertiary/aromatic N) is 3. The van der Waals surface area contributed by atoms with Gasteiger partial charge in [0.05, 0.1) is 17.6 Å². The Morgan fingerprint density at radius 3 is 2.72 bits per heavy atom. The van der Waals surface area contributed by atoms with Gasteiger partial charge in [0.15, 0.2) is 0 Å². The molecule has 1 atom stereocenters. The topological polar surface area (TPSA) is 39.1 Å². The van der Waals surface area contributed by atoms with Crippen LogP contribution >= 0.6 is 34.5 Å². The van der Waals surface area contributed by atoms with E-state index in [1.54, 1.807) is 23.6 Å². The molecule has 3 rings (SSSR count). The molecule has 25 heavy (non-hydrogen) atoms. The van der Waals surface area contributed by atoms with Crippen molar-refractivity contribution < 1.29 is 5.11 Å². The molecular weight excluding hydrogens is 377 g/mol. The number of hydrogen-bond donors (Lipinski definition) is 1. The number of halogens is 2. The van der Waals surface area contributed by atoms with Gasteiger partial charge in [-0.15, -0.1) is 11.3 Å². The zero-order valence-electron chi connectivity index (χ0n) is 14.0. The lowest BCUT2D eigenvalue weighted by atomic mass is 10.1. The molecule has 0 spiro atoms. The van der Waals surface area contributed by atoms with Gasteiger partial charge in [-0.1, -0.05) is 29.3 Å². The van der Waals surface area contributed by atoms with Crippen molar-refractivity contribution in [2.24, 2.45) is 4.99 Å².